The molecule has 17 heavy (non-hydrogen) atoms. The highest BCUT2D eigenvalue weighted by atomic mass is 32.2. The number of thioether (sulfide) groups is 1. The van der Waals surface area contributed by atoms with Crippen molar-refractivity contribution in [3.8, 4) is 0 Å². The highest BCUT2D eigenvalue weighted by Crippen LogP contribution is 2.30. The Morgan fingerprint density at radius 1 is 1.12 bits per heavy atom. The maximum atomic E-state index is 9.29. The lowest BCUT2D eigenvalue weighted by Crippen LogP contribution is -2.32. The third kappa shape index (κ3) is 3.76. The molecule has 0 spiro atoms. The molecule has 2 N–H and O–H groups in total. The van der Waals surface area contributed by atoms with E-state index in [9.17, 15) is 10.0 Å². The van der Waals surface area contributed by atoms with Gasteiger partial charge in [-0.15, -0.1) is 0 Å². The van der Waals surface area contributed by atoms with E-state index in [0.717, 1.165) is 16.6 Å². The van der Waals surface area contributed by atoms with Crippen molar-refractivity contribution in [1.29, 1.82) is 0 Å². The SMILES string of the molecule is OB(O)c1ccccc1CSC1CCCCC1. The second-order valence-electron chi connectivity index (χ2n) is 4.64. The predicted molar refractivity (Wildman–Crippen MR) is 74.4 cm³/mol. The van der Waals surface area contributed by atoms with E-state index in [2.05, 4.69) is 0 Å². The van der Waals surface area contributed by atoms with Gasteiger partial charge in [0.2, 0.25) is 0 Å². The maximum absolute atomic E-state index is 9.29. The first-order valence-electron chi connectivity index (χ1n) is 6.33. The van der Waals surface area contributed by atoms with Crippen molar-refractivity contribution in [1.82, 2.24) is 0 Å². The Bertz CT molecular complexity index is 351. The summed E-state index contributed by atoms with van der Waals surface area (Å²) in [6, 6.07) is 7.60. The molecule has 0 heterocycles. The summed E-state index contributed by atoms with van der Waals surface area (Å²) in [4.78, 5) is 0. The fourth-order valence-corrected chi connectivity index (χ4v) is 3.70. The zero-order valence-electron chi connectivity index (χ0n) is 10.0. The molecule has 2 rings (SSSR count). The lowest BCUT2D eigenvalue weighted by atomic mass is 9.77. The van der Waals surface area contributed by atoms with E-state index in [1.54, 1.807) is 6.07 Å². The van der Waals surface area contributed by atoms with Gasteiger partial charge in [-0.3, -0.25) is 0 Å². The molecule has 4 heteroatoms. The molecule has 1 aliphatic rings. The largest absolute Gasteiger partial charge is 0.488 e. The highest BCUT2D eigenvalue weighted by Gasteiger charge is 2.18. The van der Waals surface area contributed by atoms with Gasteiger partial charge >= 0.3 is 7.12 Å². The van der Waals surface area contributed by atoms with E-state index in [1.807, 2.05) is 30.0 Å². The first-order chi connectivity index (χ1) is 8.27. The van der Waals surface area contributed by atoms with Gasteiger partial charge in [0.15, 0.2) is 0 Å². The molecule has 92 valence electrons. The Balaban J connectivity index is 1.93. The van der Waals surface area contributed by atoms with Crippen LogP contribution < -0.4 is 5.46 Å². The van der Waals surface area contributed by atoms with Crippen LogP contribution in [-0.4, -0.2) is 22.4 Å². The molecular weight excluding hydrogens is 231 g/mol. The van der Waals surface area contributed by atoms with Crippen molar-refractivity contribution < 1.29 is 10.0 Å². The van der Waals surface area contributed by atoms with Crippen molar-refractivity contribution in [2.45, 2.75) is 43.1 Å². The minimum absolute atomic E-state index is 0.649. The van der Waals surface area contributed by atoms with Crippen LogP contribution in [-0.2, 0) is 5.75 Å². The molecule has 1 aliphatic carbocycles. The Labute approximate surface area is 108 Å². The molecule has 0 atom stereocenters. The number of rotatable bonds is 4. The molecule has 1 fully saturated rings. The van der Waals surface area contributed by atoms with Gasteiger partial charge in [-0.25, -0.2) is 0 Å². The third-order valence-electron chi connectivity index (χ3n) is 3.36. The summed E-state index contributed by atoms with van der Waals surface area (Å²) < 4.78 is 0. The van der Waals surface area contributed by atoms with Crippen LogP contribution in [0, 0.1) is 0 Å². The lowest BCUT2D eigenvalue weighted by molar-refractivity contribution is 0.425. The Kier molecular flexibility index (Phi) is 4.95. The average Bonchev–Trinajstić information content (AvgIpc) is 2.38. The Morgan fingerprint density at radius 3 is 2.53 bits per heavy atom. The van der Waals surface area contributed by atoms with Gasteiger partial charge in [0, 0.05) is 11.0 Å². The molecule has 0 aromatic heterocycles. The smallest absolute Gasteiger partial charge is 0.423 e. The first kappa shape index (κ1) is 13.0. The fraction of sp³-hybridized carbons (Fsp3) is 0.538. The quantitative estimate of drug-likeness (QED) is 0.802. The summed E-state index contributed by atoms with van der Waals surface area (Å²) in [5, 5.41) is 19.3. The average molecular weight is 250 g/mol. The van der Waals surface area contributed by atoms with Gasteiger partial charge in [0.25, 0.3) is 0 Å². The van der Waals surface area contributed by atoms with E-state index in [0.29, 0.717) is 5.46 Å². The van der Waals surface area contributed by atoms with Crippen molar-refractivity contribution in [2.75, 3.05) is 0 Å². The lowest BCUT2D eigenvalue weighted by Gasteiger charge is -2.21. The summed E-state index contributed by atoms with van der Waals surface area (Å²) in [6.45, 7) is 0. The van der Waals surface area contributed by atoms with Gasteiger partial charge in [0.1, 0.15) is 0 Å². The molecule has 1 aromatic rings. The predicted octanol–water partition coefficient (Wildman–Crippen LogP) is 1.93. The molecule has 0 unspecified atom stereocenters. The molecule has 1 saturated carbocycles. The third-order valence-corrected chi connectivity index (χ3v) is 4.78. The summed E-state index contributed by atoms with van der Waals surface area (Å²) in [7, 11) is -1.35. The van der Waals surface area contributed by atoms with Crippen molar-refractivity contribution in [3.05, 3.63) is 29.8 Å². The van der Waals surface area contributed by atoms with Crippen LogP contribution in [0.1, 0.15) is 37.7 Å². The second-order valence-corrected chi connectivity index (χ2v) is 5.93. The van der Waals surface area contributed by atoms with Gasteiger partial charge < -0.3 is 10.0 Å². The van der Waals surface area contributed by atoms with Crippen LogP contribution >= 0.6 is 11.8 Å². The Morgan fingerprint density at radius 2 is 1.82 bits per heavy atom. The topological polar surface area (TPSA) is 40.5 Å². The van der Waals surface area contributed by atoms with E-state index >= 15 is 0 Å². The number of hydrogen-bond acceptors (Lipinski definition) is 3. The number of benzene rings is 1. The van der Waals surface area contributed by atoms with E-state index in [1.165, 1.54) is 32.1 Å². The van der Waals surface area contributed by atoms with Gasteiger partial charge in [-0.1, -0.05) is 43.5 Å². The van der Waals surface area contributed by atoms with Crippen molar-refractivity contribution in [2.24, 2.45) is 0 Å². The first-order valence-corrected chi connectivity index (χ1v) is 7.38. The van der Waals surface area contributed by atoms with Crippen LogP contribution in [0.4, 0.5) is 0 Å². The van der Waals surface area contributed by atoms with Crippen molar-refractivity contribution in [3.63, 3.8) is 0 Å². The van der Waals surface area contributed by atoms with Crippen LogP contribution in [0.25, 0.3) is 0 Å². The minimum Gasteiger partial charge on any atom is -0.423 e. The normalized spacial score (nSPS) is 17.1. The molecule has 0 bridgehead atoms. The summed E-state index contributed by atoms with van der Waals surface area (Å²) in [6.07, 6.45) is 6.70. The number of hydrogen-bond donors (Lipinski definition) is 2. The monoisotopic (exact) mass is 250 g/mol. The highest BCUT2D eigenvalue weighted by molar-refractivity contribution is 7.99. The van der Waals surface area contributed by atoms with E-state index < -0.39 is 7.12 Å². The van der Waals surface area contributed by atoms with E-state index in [-0.39, 0.29) is 0 Å². The van der Waals surface area contributed by atoms with E-state index in [4.69, 9.17) is 0 Å². The zero-order valence-corrected chi connectivity index (χ0v) is 10.8. The second kappa shape index (κ2) is 6.48. The fourth-order valence-electron chi connectivity index (χ4n) is 2.36. The Hall–Kier alpha value is -0.445. The molecule has 0 radical (unpaired) electrons. The molecule has 1 aromatic carbocycles. The van der Waals surface area contributed by atoms with Crippen LogP contribution in [0.3, 0.4) is 0 Å². The maximum Gasteiger partial charge on any atom is 0.488 e. The van der Waals surface area contributed by atoms with Crippen LogP contribution in [0.15, 0.2) is 24.3 Å². The minimum atomic E-state index is -1.35. The van der Waals surface area contributed by atoms with Crippen LogP contribution in [0.5, 0.6) is 0 Å². The zero-order chi connectivity index (χ0) is 12.1. The summed E-state index contributed by atoms with van der Waals surface area (Å²) >= 11 is 1.96. The molecule has 0 aliphatic heterocycles. The molecular formula is C13H19BO2S. The molecule has 0 saturated heterocycles. The summed E-state index contributed by atoms with van der Waals surface area (Å²) in [5.41, 5.74) is 1.70. The van der Waals surface area contributed by atoms with Crippen LogP contribution in [0.2, 0.25) is 0 Å². The molecule has 2 nitrogen and oxygen atoms in total. The summed E-state index contributed by atoms with van der Waals surface area (Å²) in [5.74, 6) is 0.887. The van der Waals surface area contributed by atoms with Crippen molar-refractivity contribution >= 4 is 24.3 Å². The standard InChI is InChI=1S/C13H19BO2S/c15-14(16)13-9-5-4-6-11(13)10-17-12-7-2-1-3-8-12/h4-6,9,12,15-16H,1-3,7-8,10H2. The van der Waals surface area contributed by atoms with Gasteiger partial charge in [-0.05, 0) is 23.9 Å². The molecule has 0 amide bonds. The van der Waals surface area contributed by atoms with Gasteiger partial charge in [-0.2, -0.15) is 11.8 Å². The van der Waals surface area contributed by atoms with Gasteiger partial charge in [0.05, 0.1) is 0 Å².